The maximum atomic E-state index is 3.98. The minimum Gasteiger partial charge on any atom is -0.0991 e. The first-order valence-electron chi connectivity index (χ1n) is 7.56. The average Bonchev–Trinajstić information content (AvgIpc) is 2.46. The lowest BCUT2D eigenvalue weighted by Gasteiger charge is -2.08. The second-order valence-electron chi connectivity index (χ2n) is 5.50. The molecule has 0 saturated carbocycles. The van der Waals surface area contributed by atoms with Crippen molar-refractivity contribution in [2.45, 2.75) is 27.7 Å². The first-order valence-corrected chi connectivity index (χ1v) is 7.56. The maximum Gasteiger partial charge on any atom is -0.0178 e. The SMILES string of the molecule is C=C/C=C(C)\C=C(/C)c1cccc(C(/C=C\C)=C/C(=C)C)c1. The van der Waals surface area contributed by atoms with Crippen LogP contribution in [0.4, 0.5) is 0 Å². The summed E-state index contributed by atoms with van der Waals surface area (Å²) in [6, 6.07) is 8.61. The van der Waals surface area contributed by atoms with E-state index in [4.69, 9.17) is 0 Å². The van der Waals surface area contributed by atoms with Crippen LogP contribution in [0, 0.1) is 0 Å². The molecule has 114 valence electrons. The zero-order chi connectivity index (χ0) is 16.5. The lowest BCUT2D eigenvalue weighted by atomic mass is 9.97. The van der Waals surface area contributed by atoms with Gasteiger partial charge in [0.25, 0.3) is 0 Å². The van der Waals surface area contributed by atoms with Crippen LogP contribution >= 0.6 is 0 Å². The molecule has 0 amide bonds. The zero-order valence-electron chi connectivity index (χ0n) is 14.2. The molecule has 0 aromatic heterocycles. The Kier molecular flexibility index (Phi) is 7.12. The van der Waals surface area contributed by atoms with Gasteiger partial charge in [-0.05, 0) is 56.0 Å². The van der Waals surface area contributed by atoms with Gasteiger partial charge in [0.05, 0.1) is 0 Å². The highest BCUT2D eigenvalue weighted by Gasteiger charge is 2.02. The van der Waals surface area contributed by atoms with Crippen LogP contribution in [0.25, 0.3) is 11.1 Å². The van der Waals surface area contributed by atoms with Crippen molar-refractivity contribution in [3.8, 4) is 0 Å². The monoisotopic (exact) mass is 290 g/mol. The van der Waals surface area contributed by atoms with Crippen molar-refractivity contribution in [3.63, 3.8) is 0 Å². The van der Waals surface area contributed by atoms with Crippen LogP contribution in [0.3, 0.4) is 0 Å². The van der Waals surface area contributed by atoms with E-state index in [1.165, 1.54) is 27.8 Å². The topological polar surface area (TPSA) is 0 Å². The molecular formula is C22H26. The number of rotatable bonds is 6. The van der Waals surface area contributed by atoms with Gasteiger partial charge in [0.1, 0.15) is 0 Å². The summed E-state index contributed by atoms with van der Waals surface area (Å²) in [7, 11) is 0. The molecule has 1 aromatic carbocycles. The Morgan fingerprint density at radius 1 is 1.05 bits per heavy atom. The van der Waals surface area contributed by atoms with Crippen LogP contribution in [0.5, 0.6) is 0 Å². The van der Waals surface area contributed by atoms with Crippen LogP contribution in [0.2, 0.25) is 0 Å². The van der Waals surface area contributed by atoms with E-state index in [0.717, 1.165) is 5.57 Å². The normalized spacial score (nSPS) is 13.5. The fourth-order valence-electron chi connectivity index (χ4n) is 2.28. The fraction of sp³-hybridized carbons (Fsp3) is 0.182. The van der Waals surface area contributed by atoms with E-state index in [1.54, 1.807) is 0 Å². The molecule has 0 saturated heterocycles. The minimum atomic E-state index is 1.05. The van der Waals surface area contributed by atoms with E-state index in [1.807, 2.05) is 26.0 Å². The molecule has 0 fully saturated rings. The molecule has 0 atom stereocenters. The highest BCUT2D eigenvalue weighted by Crippen LogP contribution is 2.23. The minimum absolute atomic E-state index is 1.05. The Balaban J connectivity index is 3.26. The van der Waals surface area contributed by atoms with Crippen molar-refractivity contribution in [1.82, 2.24) is 0 Å². The molecule has 0 radical (unpaired) electrons. The molecule has 0 bridgehead atoms. The first kappa shape index (κ1) is 17.7. The Morgan fingerprint density at radius 3 is 2.32 bits per heavy atom. The molecule has 0 nitrogen and oxygen atoms in total. The Bertz CT molecular complexity index is 661. The summed E-state index contributed by atoms with van der Waals surface area (Å²) in [4.78, 5) is 0. The predicted molar refractivity (Wildman–Crippen MR) is 102 cm³/mol. The van der Waals surface area contributed by atoms with Gasteiger partial charge in [0.15, 0.2) is 0 Å². The van der Waals surface area contributed by atoms with Gasteiger partial charge in [-0.1, -0.05) is 79.0 Å². The molecule has 0 aliphatic carbocycles. The van der Waals surface area contributed by atoms with E-state index in [2.05, 4.69) is 75.6 Å². The molecule has 22 heavy (non-hydrogen) atoms. The number of hydrogen-bond acceptors (Lipinski definition) is 0. The Hall–Kier alpha value is -2.34. The molecule has 0 unspecified atom stereocenters. The van der Waals surface area contributed by atoms with E-state index in [9.17, 15) is 0 Å². The predicted octanol–water partition coefficient (Wildman–Crippen LogP) is 6.76. The molecular weight excluding hydrogens is 264 g/mol. The third kappa shape index (κ3) is 5.57. The third-order valence-corrected chi connectivity index (χ3v) is 3.22. The van der Waals surface area contributed by atoms with Gasteiger partial charge in [-0.15, -0.1) is 0 Å². The van der Waals surface area contributed by atoms with Gasteiger partial charge in [-0.2, -0.15) is 0 Å². The number of benzene rings is 1. The summed E-state index contributed by atoms with van der Waals surface area (Å²) in [5.41, 5.74) is 7.11. The van der Waals surface area contributed by atoms with Crippen molar-refractivity contribution in [3.05, 3.63) is 96.2 Å². The second-order valence-corrected chi connectivity index (χ2v) is 5.50. The molecule has 0 heterocycles. The molecule has 0 N–H and O–H groups in total. The molecule has 0 spiro atoms. The Labute approximate surface area is 135 Å². The van der Waals surface area contributed by atoms with Crippen LogP contribution in [0.15, 0.2) is 85.0 Å². The van der Waals surface area contributed by atoms with E-state index in [-0.39, 0.29) is 0 Å². The fourth-order valence-corrected chi connectivity index (χ4v) is 2.28. The van der Waals surface area contributed by atoms with E-state index < -0.39 is 0 Å². The van der Waals surface area contributed by atoms with Crippen molar-refractivity contribution in [2.75, 3.05) is 0 Å². The lowest BCUT2D eigenvalue weighted by Crippen LogP contribution is -1.86. The van der Waals surface area contributed by atoms with Crippen LogP contribution in [-0.2, 0) is 0 Å². The summed E-state index contributed by atoms with van der Waals surface area (Å²) in [6.07, 6.45) is 12.3. The highest BCUT2D eigenvalue weighted by molar-refractivity contribution is 5.78. The summed E-state index contributed by atoms with van der Waals surface area (Å²) in [5, 5.41) is 0. The second kappa shape index (κ2) is 8.84. The lowest BCUT2D eigenvalue weighted by molar-refractivity contribution is 1.47. The summed E-state index contributed by atoms with van der Waals surface area (Å²) >= 11 is 0. The molecule has 0 aliphatic heterocycles. The van der Waals surface area contributed by atoms with Crippen LogP contribution in [0.1, 0.15) is 38.8 Å². The summed E-state index contributed by atoms with van der Waals surface area (Å²) in [6.45, 7) is 16.0. The zero-order valence-corrected chi connectivity index (χ0v) is 14.2. The summed E-state index contributed by atoms with van der Waals surface area (Å²) < 4.78 is 0. The molecule has 1 aromatic rings. The number of allylic oxidation sites excluding steroid dienone is 10. The van der Waals surface area contributed by atoms with Gasteiger partial charge in [-0.25, -0.2) is 0 Å². The first-order chi connectivity index (χ1) is 10.5. The smallest absolute Gasteiger partial charge is 0.0178 e. The summed E-state index contributed by atoms with van der Waals surface area (Å²) in [5.74, 6) is 0. The average molecular weight is 290 g/mol. The van der Waals surface area contributed by atoms with Crippen LogP contribution < -0.4 is 0 Å². The largest absolute Gasteiger partial charge is 0.0991 e. The van der Waals surface area contributed by atoms with Gasteiger partial charge in [0.2, 0.25) is 0 Å². The van der Waals surface area contributed by atoms with Crippen molar-refractivity contribution >= 4 is 11.1 Å². The molecule has 0 heteroatoms. The van der Waals surface area contributed by atoms with E-state index in [0.29, 0.717) is 0 Å². The van der Waals surface area contributed by atoms with Gasteiger partial charge in [0, 0.05) is 0 Å². The van der Waals surface area contributed by atoms with Gasteiger partial charge < -0.3 is 0 Å². The van der Waals surface area contributed by atoms with Gasteiger partial charge >= 0.3 is 0 Å². The Morgan fingerprint density at radius 2 is 1.73 bits per heavy atom. The van der Waals surface area contributed by atoms with Crippen LogP contribution in [-0.4, -0.2) is 0 Å². The van der Waals surface area contributed by atoms with Crippen molar-refractivity contribution < 1.29 is 0 Å². The molecule has 1 rings (SSSR count). The van der Waals surface area contributed by atoms with E-state index >= 15 is 0 Å². The van der Waals surface area contributed by atoms with Gasteiger partial charge in [-0.3, -0.25) is 0 Å². The highest BCUT2D eigenvalue weighted by atomic mass is 14.1. The van der Waals surface area contributed by atoms with Crippen molar-refractivity contribution in [2.24, 2.45) is 0 Å². The quantitative estimate of drug-likeness (QED) is 0.508. The molecule has 0 aliphatic rings. The standard InChI is InChI=1S/C22H26/c1-7-10-18(5)15-19(6)20-12-9-13-22(16-20)21(11-8-2)14-17(3)4/h7-16H,1,3H2,2,4-6H3/b11-8-,18-10-,19-15+,21-14+. The third-order valence-electron chi connectivity index (χ3n) is 3.22. The van der Waals surface area contributed by atoms with Crippen molar-refractivity contribution in [1.29, 1.82) is 0 Å². The maximum absolute atomic E-state index is 3.98. The number of hydrogen-bond donors (Lipinski definition) is 0.